The maximum Gasteiger partial charge on any atom is 0.303 e. The number of aliphatic carboxylic acids is 1. The molecule has 0 saturated heterocycles. The van der Waals surface area contributed by atoms with Crippen LogP contribution in [0.2, 0.25) is 0 Å². The Kier molecular flexibility index (Phi) is 5.10. The van der Waals surface area contributed by atoms with Crippen LogP contribution in [0.4, 0.5) is 5.00 Å². The van der Waals surface area contributed by atoms with Crippen molar-refractivity contribution in [2.45, 2.75) is 52.9 Å². The van der Waals surface area contributed by atoms with E-state index in [9.17, 15) is 14.9 Å². The smallest absolute Gasteiger partial charge is 0.303 e. The van der Waals surface area contributed by atoms with Crippen molar-refractivity contribution in [1.29, 1.82) is 5.26 Å². The maximum atomic E-state index is 12.2. The number of carboxylic acids is 1. The molecule has 1 aromatic rings. The third kappa shape index (κ3) is 4.32. The third-order valence-corrected chi connectivity index (χ3v) is 5.32. The number of hydrogen-bond donors (Lipinski definition) is 2. The fraction of sp³-hybridized carbons (Fsp3) is 0.588. The Morgan fingerprint density at radius 2 is 2.13 bits per heavy atom. The predicted molar refractivity (Wildman–Crippen MR) is 89.5 cm³/mol. The predicted octanol–water partition coefficient (Wildman–Crippen LogP) is 3.57. The number of fused-ring (bicyclic) bond motifs is 1. The highest BCUT2D eigenvalue weighted by molar-refractivity contribution is 7.16. The normalized spacial score (nSPS) is 17.2. The van der Waals surface area contributed by atoms with Gasteiger partial charge in [0.15, 0.2) is 0 Å². The molecule has 6 heteroatoms. The van der Waals surface area contributed by atoms with Gasteiger partial charge in [-0.15, -0.1) is 11.3 Å². The zero-order valence-electron chi connectivity index (χ0n) is 13.7. The van der Waals surface area contributed by atoms with Gasteiger partial charge in [0, 0.05) is 11.3 Å². The SMILES string of the molecule is CC1CCc2c(sc(NC(=O)CC(C)(C)CC(=O)O)c2C#N)C1. The first-order valence-corrected chi connectivity index (χ1v) is 8.60. The molecule has 0 spiro atoms. The van der Waals surface area contributed by atoms with Crippen molar-refractivity contribution in [1.82, 2.24) is 0 Å². The molecule has 1 aliphatic carbocycles. The van der Waals surface area contributed by atoms with Gasteiger partial charge >= 0.3 is 5.97 Å². The van der Waals surface area contributed by atoms with Gasteiger partial charge in [0.25, 0.3) is 0 Å². The van der Waals surface area contributed by atoms with Crippen molar-refractivity contribution < 1.29 is 14.7 Å². The van der Waals surface area contributed by atoms with Gasteiger partial charge in [-0.1, -0.05) is 20.8 Å². The van der Waals surface area contributed by atoms with Crippen molar-refractivity contribution in [3.8, 4) is 6.07 Å². The largest absolute Gasteiger partial charge is 0.481 e. The second-order valence-corrected chi connectivity index (χ2v) is 8.23. The van der Waals surface area contributed by atoms with Gasteiger partial charge < -0.3 is 10.4 Å². The molecule has 2 rings (SSSR count). The van der Waals surface area contributed by atoms with E-state index >= 15 is 0 Å². The molecule has 0 aliphatic heterocycles. The summed E-state index contributed by atoms with van der Waals surface area (Å²) in [6.45, 7) is 5.71. The summed E-state index contributed by atoms with van der Waals surface area (Å²) in [6.07, 6.45) is 2.95. The van der Waals surface area contributed by atoms with Crippen LogP contribution in [0.15, 0.2) is 0 Å². The second kappa shape index (κ2) is 6.71. The van der Waals surface area contributed by atoms with Gasteiger partial charge in [0.05, 0.1) is 12.0 Å². The maximum absolute atomic E-state index is 12.2. The quantitative estimate of drug-likeness (QED) is 0.861. The average Bonchev–Trinajstić information content (AvgIpc) is 2.71. The number of carbonyl (C=O) groups is 2. The molecule has 1 aromatic heterocycles. The van der Waals surface area contributed by atoms with Crippen LogP contribution in [0.3, 0.4) is 0 Å². The number of nitrogens with one attached hydrogen (secondary N) is 1. The molecule has 124 valence electrons. The number of hydrogen-bond acceptors (Lipinski definition) is 4. The summed E-state index contributed by atoms with van der Waals surface area (Å²) in [5, 5.41) is 21.8. The van der Waals surface area contributed by atoms with Gasteiger partial charge in [0.1, 0.15) is 11.1 Å². The Hall–Kier alpha value is -1.87. The molecule has 0 saturated carbocycles. The van der Waals surface area contributed by atoms with Crippen molar-refractivity contribution in [2.24, 2.45) is 11.3 Å². The van der Waals surface area contributed by atoms with Crippen molar-refractivity contribution in [3.63, 3.8) is 0 Å². The van der Waals surface area contributed by atoms with Crippen LogP contribution >= 0.6 is 11.3 Å². The van der Waals surface area contributed by atoms with E-state index in [1.54, 1.807) is 13.8 Å². The summed E-state index contributed by atoms with van der Waals surface area (Å²) in [5.74, 6) is -0.550. The molecule has 0 fully saturated rings. The molecule has 5 nitrogen and oxygen atoms in total. The molecule has 0 aromatic carbocycles. The van der Waals surface area contributed by atoms with E-state index in [-0.39, 0.29) is 18.7 Å². The Morgan fingerprint density at radius 1 is 1.43 bits per heavy atom. The fourth-order valence-corrected chi connectivity index (χ4v) is 4.41. The van der Waals surface area contributed by atoms with Gasteiger partial charge in [-0.2, -0.15) is 5.26 Å². The van der Waals surface area contributed by atoms with Crippen LogP contribution in [-0.2, 0) is 22.4 Å². The van der Waals surface area contributed by atoms with Crippen LogP contribution in [0.5, 0.6) is 0 Å². The molecule has 0 radical (unpaired) electrons. The van der Waals surface area contributed by atoms with Gasteiger partial charge in [-0.05, 0) is 36.2 Å². The minimum absolute atomic E-state index is 0.0655. The lowest BCUT2D eigenvalue weighted by Crippen LogP contribution is -2.24. The lowest BCUT2D eigenvalue weighted by molar-refractivity contribution is -0.139. The summed E-state index contributed by atoms with van der Waals surface area (Å²) in [6, 6.07) is 2.22. The second-order valence-electron chi connectivity index (χ2n) is 7.13. The Labute approximate surface area is 140 Å². The molecular formula is C17H22N2O3S. The highest BCUT2D eigenvalue weighted by Crippen LogP contribution is 2.39. The molecule has 0 bridgehead atoms. The standard InChI is InChI=1S/C17H22N2O3S/c1-10-4-5-11-12(9-18)16(23-13(11)6-10)19-14(20)7-17(2,3)8-15(21)22/h10H,4-8H2,1-3H3,(H,19,20)(H,21,22). The first-order valence-electron chi connectivity index (χ1n) is 7.78. The van der Waals surface area contributed by atoms with Crippen LogP contribution in [0.25, 0.3) is 0 Å². The van der Waals surface area contributed by atoms with E-state index in [0.29, 0.717) is 16.5 Å². The third-order valence-electron chi connectivity index (χ3n) is 4.15. The molecule has 1 heterocycles. The van der Waals surface area contributed by atoms with Gasteiger partial charge in [-0.25, -0.2) is 0 Å². The van der Waals surface area contributed by atoms with Crippen molar-refractivity contribution in [3.05, 3.63) is 16.0 Å². The monoisotopic (exact) mass is 334 g/mol. The van der Waals surface area contributed by atoms with E-state index in [0.717, 1.165) is 24.8 Å². The Morgan fingerprint density at radius 3 is 2.74 bits per heavy atom. The molecule has 1 amide bonds. The summed E-state index contributed by atoms with van der Waals surface area (Å²) in [7, 11) is 0. The van der Waals surface area contributed by atoms with Crippen LogP contribution in [0, 0.1) is 22.7 Å². The fourth-order valence-electron chi connectivity index (χ4n) is 3.03. The summed E-state index contributed by atoms with van der Waals surface area (Å²) in [4.78, 5) is 24.3. The molecule has 1 aliphatic rings. The highest BCUT2D eigenvalue weighted by atomic mass is 32.1. The Balaban J connectivity index is 2.13. The number of carbonyl (C=O) groups excluding carboxylic acids is 1. The number of nitrogens with zero attached hydrogens (tertiary/aromatic N) is 1. The first-order chi connectivity index (χ1) is 10.7. The zero-order valence-corrected chi connectivity index (χ0v) is 14.5. The zero-order chi connectivity index (χ0) is 17.2. The molecular weight excluding hydrogens is 312 g/mol. The van der Waals surface area contributed by atoms with Crippen molar-refractivity contribution >= 4 is 28.2 Å². The lowest BCUT2D eigenvalue weighted by Gasteiger charge is -2.21. The van der Waals surface area contributed by atoms with E-state index < -0.39 is 11.4 Å². The number of rotatable bonds is 5. The lowest BCUT2D eigenvalue weighted by atomic mass is 9.85. The first kappa shape index (κ1) is 17.5. The molecule has 1 unspecified atom stereocenters. The van der Waals surface area contributed by atoms with Crippen LogP contribution < -0.4 is 5.32 Å². The molecule has 2 N–H and O–H groups in total. The van der Waals surface area contributed by atoms with Crippen molar-refractivity contribution in [2.75, 3.05) is 5.32 Å². The van der Waals surface area contributed by atoms with E-state index in [2.05, 4.69) is 18.3 Å². The number of amides is 1. The topological polar surface area (TPSA) is 90.2 Å². The van der Waals surface area contributed by atoms with Gasteiger partial charge in [-0.3, -0.25) is 9.59 Å². The molecule has 1 atom stereocenters. The van der Waals surface area contributed by atoms with Gasteiger partial charge in [0.2, 0.25) is 5.91 Å². The number of anilines is 1. The Bertz CT molecular complexity index is 670. The summed E-state index contributed by atoms with van der Waals surface area (Å²) >= 11 is 1.49. The number of nitriles is 1. The summed E-state index contributed by atoms with van der Waals surface area (Å²) < 4.78 is 0. The minimum atomic E-state index is -0.916. The highest BCUT2D eigenvalue weighted by Gasteiger charge is 2.28. The average molecular weight is 334 g/mol. The van der Waals surface area contributed by atoms with Crippen LogP contribution in [-0.4, -0.2) is 17.0 Å². The van der Waals surface area contributed by atoms with E-state index in [4.69, 9.17) is 5.11 Å². The summed E-state index contributed by atoms with van der Waals surface area (Å²) in [5.41, 5.74) is 1.05. The van der Waals surface area contributed by atoms with Crippen LogP contribution in [0.1, 0.15) is 56.0 Å². The number of carboxylic acid groups (broad SMARTS) is 1. The van der Waals surface area contributed by atoms with E-state index in [1.165, 1.54) is 16.2 Å². The number of thiophene rings is 1. The van der Waals surface area contributed by atoms with E-state index in [1.807, 2.05) is 0 Å². The molecule has 23 heavy (non-hydrogen) atoms. The minimum Gasteiger partial charge on any atom is -0.481 e.